The van der Waals surface area contributed by atoms with Gasteiger partial charge in [-0.1, -0.05) is 11.6 Å². The molecular weight excluding hydrogens is 721 g/mol. The number of nitrogens with one attached hydrogen (secondary N) is 3. The minimum Gasteiger partial charge on any atom is -0.494 e. The number of nitrogens with zero attached hydrogens (tertiary/aromatic N) is 8. The molecule has 0 atom stereocenters. The molecule has 5 aromatic rings. The van der Waals surface area contributed by atoms with Crippen molar-refractivity contribution in [1.82, 2.24) is 39.9 Å². The van der Waals surface area contributed by atoms with Gasteiger partial charge in [0.2, 0.25) is 5.95 Å². The van der Waals surface area contributed by atoms with Gasteiger partial charge in [-0.05, 0) is 95.1 Å². The van der Waals surface area contributed by atoms with Crippen LogP contribution in [0.3, 0.4) is 0 Å². The molecule has 0 saturated carbocycles. The molecule has 8 rings (SSSR count). The second-order valence-electron chi connectivity index (χ2n) is 15.4. The van der Waals surface area contributed by atoms with Crippen LogP contribution in [-0.2, 0) is 11.6 Å². The van der Waals surface area contributed by atoms with Crippen molar-refractivity contribution in [2.24, 2.45) is 12.5 Å². The summed E-state index contributed by atoms with van der Waals surface area (Å²) in [5.41, 5.74) is 6.23. The Morgan fingerprint density at radius 1 is 0.981 bits per heavy atom. The molecule has 3 aromatic heterocycles. The third-order valence-electron chi connectivity index (χ3n) is 11.5. The van der Waals surface area contributed by atoms with Crippen LogP contribution in [0.5, 0.6) is 5.75 Å². The highest BCUT2D eigenvalue weighted by Gasteiger charge is 2.38. The van der Waals surface area contributed by atoms with E-state index in [-0.39, 0.29) is 0 Å². The van der Waals surface area contributed by atoms with Crippen LogP contribution in [-0.4, -0.2) is 100 Å². The molecule has 3 fully saturated rings. The molecule has 13 nitrogen and oxygen atoms in total. The number of ether oxygens (including phenoxy) is 1. The first-order chi connectivity index (χ1) is 26.1. The van der Waals surface area contributed by atoms with E-state index in [1.165, 1.54) is 51.9 Å². The molecule has 284 valence electrons. The fourth-order valence-electron chi connectivity index (χ4n) is 8.61. The second-order valence-corrected chi connectivity index (χ2v) is 18.9. The summed E-state index contributed by atoms with van der Waals surface area (Å²) < 4.78 is 21.3. The zero-order valence-corrected chi connectivity index (χ0v) is 33.1. The number of likely N-dealkylation sites (tertiary alicyclic amines) is 1. The standard InChI is InChI=1S/C39H49ClN11O2P/c1-49-24-26(22-45-49)28-20-32(34(53-2)21-33(28)51-16-8-27(9-17-51)50-18-11-39(12-19-50)10-5-13-41-25-39)47-38-44-23-29(40)37(48-38)46-31-7-6-30-35(43-15-14-42-30)36(31)54(3,4)52/h6-7,14-15,20-24,27,41H,5,8-13,16-19,25H2,1-4H3,(H2,44,46,47,48). The van der Waals surface area contributed by atoms with Crippen LogP contribution in [0.1, 0.15) is 38.5 Å². The molecule has 0 aliphatic carbocycles. The summed E-state index contributed by atoms with van der Waals surface area (Å²) in [7, 11) is 0.816. The van der Waals surface area contributed by atoms with Crippen molar-refractivity contribution in [3.05, 3.63) is 60.3 Å². The van der Waals surface area contributed by atoms with Gasteiger partial charge in [0.25, 0.3) is 0 Å². The summed E-state index contributed by atoms with van der Waals surface area (Å²) in [4.78, 5) is 23.4. The lowest BCUT2D eigenvalue weighted by molar-refractivity contribution is 0.0471. The number of halogens is 1. The van der Waals surface area contributed by atoms with Crippen molar-refractivity contribution in [3.63, 3.8) is 0 Å². The third-order valence-corrected chi connectivity index (χ3v) is 13.3. The lowest BCUT2D eigenvalue weighted by Gasteiger charge is -2.48. The predicted molar refractivity (Wildman–Crippen MR) is 218 cm³/mol. The highest BCUT2D eigenvalue weighted by atomic mass is 35.5. The number of hydrogen-bond acceptors (Lipinski definition) is 12. The van der Waals surface area contributed by atoms with Gasteiger partial charge in [0, 0.05) is 74.2 Å². The average Bonchev–Trinajstić information content (AvgIpc) is 3.62. The third kappa shape index (κ3) is 7.51. The van der Waals surface area contributed by atoms with E-state index < -0.39 is 7.14 Å². The largest absolute Gasteiger partial charge is 0.494 e. The summed E-state index contributed by atoms with van der Waals surface area (Å²) in [5.74, 6) is 1.34. The van der Waals surface area contributed by atoms with Crippen LogP contribution in [0, 0.1) is 5.41 Å². The Balaban J connectivity index is 1.04. The van der Waals surface area contributed by atoms with E-state index in [0.717, 1.165) is 42.7 Å². The maximum atomic E-state index is 13.5. The first kappa shape index (κ1) is 36.7. The summed E-state index contributed by atoms with van der Waals surface area (Å²) in [6.07, 6.45) is 16.3. The minimum atomic E-state index is -2.80. The summed E-state index contributed by atoms with van der Waals surface area (Å²) in [6.45, 7) is 10.2. The Morgan fingerprint density at radius 3 is 2.48 bits per heavy atom. The quantitative estimate of drug-likeness (QED) is 0.138. The number of rotatable bonds is 9. The van der Waals surface area contributed by atoms with Gasteiger partial charge in [0.15, 0.2) is 5.82 Å². The van der Waals surface area contributed by atoms with Gasteiger partial charge in [-0.15, -0.1) is 0 Å². The predicted octanol–water partition coefficient (Wildman–Crippen LogP) is 6.65. The van der Waals surface area contributed by atoms with E-state index in [1.54, 1.807) is 39.0 Å². The van der Waals surface area contributed by atoms with Gasteiger partial charge in [0.05, 0.1) is 41.7 Å². The Labute approximate surface area is 321 Å². The molecule has 0 bridgehead atoms. The zero-order chi connectivity index (χ0) is 37.5. The van der Waals surface area contributed by atoms with Crippen LogP contribution in [0.15, 0.2) is 55.2 Å². The Hall–Kier alpha value is -4.29. The molecule has 0 radical (unpaired) electrons. The Morgan fingerprint density at radius 2 is 1.78 bits per heavy atom. The Kier molecular flexibility index (Phi) is 10.3. The van der Waals surface area contributed by atoms with Gasteiger partial charge in [0.1, 0.15) is 23.4 Å². The molecule has 15 heteroatoms. The SMILES string of the molecule is COc1cc(N2CCC(N3CCC4(CCCNC4)CC3)CC2)c(-c2cnn(C)c2)cc1Nc1ncc(Cl)c(Nc2ccc3nccnc3c2P(C)(C)=O)n1. The normalized spacial score (nSPS) is 18.3. The molecule has 0 unspecified atom stereocenters. The second kappa shape index (κ2) is 15.1. The maximum absolute atomic E-state index is 13.5. The number of fused-ring (bicyclic) bond motifs is 1. The number of aryl methyl sites for hydroxylation is 1. The van der Waals surface area contributed by atoms with Gasteiger partial charge in [-0.2, -0.15) is 10.1 Å². The summed E-state index contributed by atoms with van der Waals surface area (Å²) in [5, 5.41) is 15.8. The number of aromatic nitrogens is 6. The molecule has 54 heavy (non-hydrogen) atoms. The number of benzene rings is 2. The highest BCUT2D eigenvalue weighted by Crippen LogP contribution is 2.44. The van der Waals surface area contributed by atoms with E-state index in [0.29, 0.717) is 61.7 Å². The topological polar surface area (TPSA) is 138 Å². The van der Waals surface area contributed by atoms with Gasteiger partial charge in [-0.3, -0.25) is 14.6 Å². The van der Waals surface area contributed by atoms with E-state index in [9.17, 15) is 4.57 Å². The Bertz CT molecular complexity index is 2180. The minimum absolute atomic E-state index is 0.310. The molecule has 2 aromatic carbocycles. The molecule has 3 saturated heterocycles. The van der Waals surface area contributed by atoms with Crippen LogP contribution < -0.4 is 30.9 Å². The molecule has 0 amide bonds. The lowest BCUT2D eigenvalue weighted by Crippen LogP contribution is -2.52. The summed E-state index contributed by atoms with van der Waals surface area (Å²) in [6, 6.07) is 8.49. The smallest absolute Gasteiger partial charge is 0.229 e. The molecule has 3 aliphatic rings. The fraction of sp³-hybridized carbons (Fsp3) is 0.462. The summed E-state index contributed by atoms with van der Waals surface area (Å²) >= 11 is 6.64. The van der Waals surface area contributed by atoms with Crippen molar-refractivity contribution in [1.29, 1.82) is 0 Å². The van der Waals surface area contributed by atoms with Gasteiger partial charge in [-0.25, -0.2) is 4.98 Å². The highest BCUT2D eigenvalue weighted by molar-refractivity contribution is 7.71. The van der Waals surface area contributed by atoms with Crippen LogP contribution in [0.4, 0.5) is 28.8 Å². The van der Waals surface area contributed by atoms with Crippen molar-refractivity contribution < 1.29 is 9.30 Å². The van der Waals surface area contributed by atoms with Crippen LogP contribution in [0.25, 0.3) is 22.2 Å². The lowest BCUT2D eigenvalue weighted by atomic mass is 9.72. The van der Waals surface area contributed by atoms with Crippen LogP contribution in [0.2, 0.25) is 5.02 Å². The molecule has 1 spiro atoms. The molecule has 3 N–H and O–H groups in total. The number of methoxy groups -OCH3 is 1. The van der Waals surface area contributed by atoms with Crippen molar-refractivity contribution in [2.45, 2.75) is 44.6 Å². The van der Waals surface area contributed by atoms with Crippen molar-refractivity contribution in [2.75, 3.05) is 75.2 Å². The molecule has 3 aliphatic heterocycles. The molecule has 6 heterocycles. The maximum Gasteiger partial charge on any atom is 0.229 e. The van der Waals surface area contributed by atoms with Crippen molar-refractivity contribution >= 4 is 63.9 Å². The number of piperidine rings is 3. The fourth-order valence-corrected chi connectivity index (χ4v) is 10.1. The van der Waals surface area contributed by atoms with Gasteiger partial charge >= 0.3 is 0 Å². The van der Waals surface area contributed by atoms with E-state index >= 15 is 0 Å². The number of anilines is 5. The average molecular weight is 770 g/mol. The first-order valence-corrected chi connectivity index (χ1v) is 21.8. The monoisotopic (exact) mass is 769 g/mol. The van der Waals surface area contributed by atoms with E-state index in [1.807, 2.05) is 36.3 Å². The van der Waals surface area contributed by atoms with E-state index in [2.05, 4.69) is 57.9 Å². The van der Waals surface area contributed by atoms with E-state index in [4.69, 9.17) is 21.3 Å². The first-order valence-electron chi connectivity index (χ1n) is 18.9. The number of hydrogen-bond donors (Lipinski definition) is 3. The van der Waals surface area contributed by atoms with Crippen LogP contribution >= 0.6 is 18.7 Å². The zero-order valence-electron chi connectivity index (χ0n) is 31.5. The molecular formula is C39H49ClN11O2P. The van der Waals surface area contributed by atoms with Crippen molar-refractivity contribution in [3.8, 4) is 16.9 Å². The van der Waals surface area contributed by atoms with Gasteiger partial charge < -0.3 is 35.1 Å².